The Morgan fingerprint density at radius 3 is 2.75 bits per heavy atom. The van der Waals surface area contributed by atoms with E-state index in [1.54, 1.807) is 0 Å². The van der Waals surface area contributed by atoms with Crippen molar-refractivity contribution in [2.45, 2.75) is 77.7 Å². The average Bonchev–Trinajstić information content (AvgIpc) is 3.29. The monoisotopic (exact) mass is 384 g/mol. The van der Waals surface area contributed by atoms with Crippen LogP contribution in [-0.2, 0) is 9.63 Å². The van der Waals surface area contributed by atoms with Crippen LogP contribution >= 0.6 is 0 Å². The number of hydrogen-bond donors (Lipinski definition) is 1. The molecule has 5 rings (SSSR count). The van der Waals surface area contributed by atoms with Gasteiger partial charge in [0.25, 0.3) is 0 Å². The zero-order valence-electron chi connectivity index (χ0n) is 17.6. The van der Waals surface area contributed by atoms with Gasteiger partial charge in [-0.15, -0.1) is 0 Å². The molecule has 154 valence electrons. The SMILES string of the molecule is C=C1CC2C3CCC(=O)C3(C)CCC2C2(C)CC/C(=N\OC3CCNC3)CC12. The first-order valence-corrected chi connectivity index (χ1v) is 11.5. The molecule has 0 spiro atoms. The van der Waals surface area contributed by atoms with Crippen molar-refractivity contribution in [1.29, 1.82) is 0 Å². The Morgan fingerprint density at radius 2 is 1.96 bits per heavy atom. The van der Waals surface area contributed by atoms with Crippen LogP contribution in [0.1, 0.15) is 71.6 Å². The van der Waals surface area contributed by atoms with Crippen LogP contribution in [0.4, 0.5) is 0 Å². The summed E-state index contributed by atoms with van der Waals surface area (Å²) in [6, 6.07) is 0. The molecule has 28 heavy (non-hydrogen) atoms. The molecule has 1 heterocycles. The zero-order valence-corrected chi connectivity index (χ0v) is 17.6. The number of oxime groups is 1. The maximum absolute atomic E-state index is 12.6. The number of Topliss-reactive ketones (excluding diaryl/α,β-unsaturated/α-hetero) is 1. The molecule has 4 aliphatic carbocycles. The molecule has 4 saturated carbocycles. The second-order valence-electron chi connectivity index (χ2n) is 10.8. The van der Waals surface area contributed by atoms with Gasteiger partial charge in [-0.3, -0.25) is 4.79 Å². The summed E-state index contributed by atoms with van der Waals surface area (Å²) >= 11 is 0. The molecule has 0 aromatic heterocycles. The number of allylic oxidation sites excluding steroid dienone is 1. The van der Waals surface area contributed by atoms with E-state index in [2.05, 4.69) is 30.9 Å². The van der Waals surface area contributed by atoms with Gasteiger partial charge in [-0.2, -0.15) is 0 Å². The molecule has 0 radical (unpaired) electrons. The Morgan fingerprint density at radius 1 is 1.11 bits per heavy atom. The van der Waals surface area contributed by atoms with Crippen LogP contribution in [0.2, 0.25) is 0 Å². The molecule has 0 bridgehead atoms. The third kappa shape index (κ3) is 2.74. The van der Waals surface area contributed by atoms with E-state index in [4.69, 9.17) is 4.84 Å². The second kappa shape index (κ2) is 6.68. The molecule has 1 aliphatic heterocycles. The fourth-order valence-corrected chi connectivity index (χ4v) is 7.77. The van der Waals surface area contributed by atoms with E-state index >= 15 is 0 Å². The van der Waals surface area contributed by atoms with Crippen LogP contribution in [0.5, 0.6) is 0 Å². The number of hydrogen-bond acceptors (Lipinski definition) is 4. The lowest BCUT2D eigenvalue weighted by Crippen LogP contribution is -2.54. The predicted octanol–water partition coefficient (Wildman–Crippen LogP) is 4.50. The Kier molecular flexibility index (Phi) is 4.50. The molecule has 1 N–H and O–H groups in total. The van der Waals surface area contributed by atoms with E-state index in [-0.39, 0.29) is 11.5 Å². The van der Waals surface area contributed by atoms with Gasteiger partial charge < -0.3 is 10.2 Å². The topological polar surface area (TPSA) is 50.7 Å². The molecule has 4 heteroatoms. The first-order valence-electron chi connectivity index (χ1n) is 11.5. The highest BCUT2D eigenvalue weighted by molar-refractivity contribution is 5.87. The van der Waals surface area contributed by atoms with Crippen LogP contribution < -0.4 is 5.32 Å². The molecule has 5 aliphatic rings. The number of fused-ring (bicyclic) bond motifs is 5. The first-order chi connectivity index (χ1) is 13.4. The quantitative estimate of drug-likeness (QED) is 0.563. The number of rotatable bonds is 2. The van der Waals surface area contributed by atoms with E-state index in [0.29, 0.717) is 29.0 Å². The average molecular weight is 385 g/mol. The van der Waals surface area contributed by atoms with Crippen molar-refractivity contribution < 1.29 is 9.63 Å². The summed E-state index contributed by atoms with van der Waals surface area (Å²) in [5, 5.41) is 7.93. The van der Waals surface area contributed by atoms with E-state index in [1.807, 2.05) is 0 Å². The van der Waals surface area contributed by atoms with Gasteiger partial charge in [0.1, 0.15) is 11.9 Å². The van der Waals surface area contributed by atoms with Crippen LogP contribution in [0, 0.1) is 34.5 Å². The predicted molar refractivity (Wildman–Crippen MR) is 111 cm³/mol. The summed E-state index contributed by atoms with van der Waals surface area (Å²) in [6.07, 6.45) is 9.96. The molecule has 7 unspecified atom stereocenters. The zero-order chi connectivity index (χ0) is 19.5. The lowest BCUT2D eigenvalue weighted by atomic mass is 9.44. The molecule has 0 aromatic carbocycles. The number of carbonyl (C=O) groups is 1. The van der Waals surface area contributed by atoms with Crippen LogP contribution in [0.3, 0.4) is 0 Å². The van der Waals surface area contributed by atoms with E-state index in [9.17, 15) is 4.79 Å². The first kappa shape index (κ1) is 18.8. The lowest BCUT2D eigenvalue weighted by Gasteiger charge is -2.60. The van der Waals surface area contributed by atoms with Crippen molar-refractivity contribution in [1.82, 2.24) is 5.32 Å². The molecule has 7 atom stereocenters. The maximum atomic E-state index is 12.6. The van der Waals surface area contributed by atoms with Gasteiger partial charge in [0.05, 0.1) is 5.71 Å². The van der Waals surface area contributed by atoms with Crippen molar-refractivity contribution in [2.24, 2.45) is 39.7 Å². The summed E-state index contributed by atoms with van der Waals surface area (Å²) in [5.41, 5.74) is 2.93. The Balaban J connectivity index is 1.35. The summed E-state index contributed by atoms with van der Waals surface area (Å²) in [6.45, 7) is 11.3. The minimum absolute atomic E-state index is 0.0465. The second-order valence-corrected chi connectivity index (χ2v) is 10.8. The summed E-state index contributed by atoms with van der Waals surface area (Å²) in [4.78, 5) is 18.5. The number of carbonyl (C=O) groups excluding carboxylic acids is 1. The molecule has 0 aromatic rings. The number of nitrogens with zero attached hydrogens (tertiary/aromatic N) is 1. The maximum Gasteiger partial charge on any atom is 0.141 e. The van der Waals surface area contributed by atoms with Gasteiger partial charge in [0, 0.05) is 24.8 Å². The van der Waals surface area contributed by atoms with Gasteiger partial charge in [0.15, 0.2) is 0 Å². The molecular weight excluding hydrogens is 348 g/mol. The van der Waals surface area contributed by atoms with Gasteiger partial charge in [0.2, 0.25) is 0 Å². The fourth-order valence-electron chi connectivity index (χ4n) is 7.77. The largest absolute Gasteiger partial charge is 0.391 e. The Bertz CT molecular complexity index is 709. The van der Waals surface area contributed by atoms with Crippen LogP contribution in [0.15, 0.2) is 17.3 Å². The molecule has 1 saturated heterocycles. The highest BCUT2D eigenvalue weighted by Crippen LogP contribution is 2.66. The normalized spacial score (nSPS) is 49.6. The van der Waals surface area contributed by atoms with E-state index < -0.39 is 0 Å². The van der Waals surface area contributed by atoms with Gasteiger partial charge in [-0.1, -0.05) is 31.2 Å². The van der Waals surface area contributed by atoms with Crippen molar-refractivity contribution in [2.75, 3.05) is 13.1 Å². The lowest BCUT2D eigenvalue weighted by molar-refractivity contribution is -0.134. The minimum atomic E-state index is -0.0465. The Labute approximate surface area is 169 Å². The van der Waals surface area contributed by atoms with Gasteiger partial charge in [-0.05, 0) is 80.6 Å². The molecule has 5 fully saturated rings. The Hall–Kier alpha value is -1.16. The highest BCUT2D eigenvalue weighted by atomic mass is 16.6. The standard InChI is InChI=1S/C24H36N2O2/c1-15-12-18-19-4-5-22(27)24(19,3)10-7-20(18)23(2)9-6-16(13-21(15)23)26-28-17-8-11-25-14-17/h17-21,25H,1,4-14H2,2-3H3/b26-16+. The fraction of sp³-hybridized carbons (Fsp3) is 0.833. The third-order valence-corrected chi connectivity index (χ3v) is 9.52. The third-order valence-electron chi connectivity index (χ3n) is 9.52. The van der Waals surface area contributed by atoms with Crippen molar-refractivity contribution in [3.8, 4) is 0 Å². The van der Waals surface area contributed by atoms with Crippen molar-refractivity contribution >= 4 is 11.5 Å². The van der Waals surface area contributed by atoms with Gasteiger partial charge in [-0.25, -0.2) is 0 Å². The smallest absolute Gasteiger partial charge is 0.141 e. The molecule has 4 nitrogen and oxygen atoms in total. The van der Waals surface area contributed by atoms with Crippen LogP contribution in [0.25, 0.3) is 0 Å². The van der Waals surface area contributed by atoms with Crippen molar-refractivity contribution in [3.63, 3.8) is 0 Å². The summed E-state index contributed by atoms with van der Waals surface area (Å²) < 4.78 is 0. The van der Waals surface area contributed by atoms with Crippen LogP contribution in [-0.4, -0.2) is 30.7 Å². The number of nitrogens with one attached hydrogen (secondary N) is 1. The van der Waals surface area contributed by atoms with E-state index in [1.165, 1.54) is 24.1 Å². The summed E-state index contributed by atoms with van der Waals surface area (Å²) in [7, 11) is 0. The number of ketones is 1. The van der Waals surface area contributed by atoms with Crippen molar-refractivity contribution in [3.05, 3.63) is 12.2 Å². The molecular formula is C24H36N2O2. The van der Waals surface area contributed by atoms with Gasteiger partial charge >= 0.3 is 0 Å². The highest BCUT2D eigenvalue weighted by Gasteiger charge is 2.60. The minimum Gasteiger partial charge on any atom is -0.391 e. The summed E-state index contributed by atoms with van der Waals surface area (Å²) in [5.74, 6) is 3.06. The molecule has 0 amide bonds. The van der Waals surface area contributed by atoms with E-state index in [0.717, 1.165) is 64.0 Å².